The van der Waals surface area contributed by atoms with Crippen molar-refractivity contribution in [3.05, 3.63) is 92.7 Å². The number of anilines is 1. The summed E-state index contributed by atoms with van der Waals surface area (Å²) in [5, 5.41) is 14.6. The van der Waals surface area contributed by atoms with Gasteiger partial charge in [-0.2, -0.15) is 0 Å². The third kappa shape index (κ3) is 6.94. The van der Waals surface area contributed by atoms with Crippen molar-refractivity contribution in [2.45, 2.75) is 19.5 Å². The lowest BCUT2D eigenvalue weighted by Crippen LogP contribution is -2.41. The van der Waals surface area contributed by atoms with Crippen molar-refractivity contribution in [2.24, 2.45) is 0 Å². The maximum atomic E-state index is 13.4. The largest absolute Gasteiger partial charge is 0.350 e. The number of amides is 1. The number of carbonyl (C=O) groups is 1. The first-order chi connectivity index (χ1) is 18.3. The Balaban J connectivity index is 1.50. The molecule has 0 saturated heterocycles. The smallest absolute Gasteiger partial charge is 0.295 e. The minimum absolute atomic E-state index is 0.0684. The van der Waals surface area contributed by atoms with Crippen LogP contribution in [0.4, 0.5) is 5.82 Å². The van der Waals surface area contributed by atoms with E-state index in [1.807, 2.05) is 54.2 Å². The van der Waals surface area contributed by atoms with E-state index in [1.54, 1.807) is 18.2 Å². The summed E-state index contributed by atoms with van der Waals surface area (Å²) < 4.78 is 2.69. The molecule has 4 rings (SSSR count). The zero-order valence-corrected chi connectivity index (χ0v) is 22.5. The van der Waals surface area contributed by atoms with Crippen molar-refractivity contribution < 1.29 is 4.79 Å². The molecule has 38 heavy (non-hydrogen) atoms. The van der Waals surface area contributed by atoms with Crippen LogP contribution in [-0.4, -0.2) is 67.9 Å². The Hall–Kier alpha value is -3.80. The Morgan fingerprint density at radius 1 is 1.11 bits per heavy atom. The number of aromatic nitrogens is 6. The van der Waals surface area contributed by atoms with Gasteiger partial charge in [0.25, 0.3) is 5.56 Å². The molecule has 11 nitrogen and oxygen atoms in total. The van der Waals surface area contributed by atoms with Crippen molar-refractivity contribution in [3.8, 4) is 5.69 Å². The van der Waals surface area contributed by atoms with Gasteiger partial charge in [-0.05, 0) is 60.3 Å². The zero-order valence-electron chi connectivity index (χ0n) is 21.0. The molecule has 198 valence electrons. The molecular weight excluding hydrogens is 529 g/mol. The van der Waals surface area contributed by atoms with Gasteiger partial charge in [-0.1, -0.05) is 53.5 Å². The molecule has 1 N–H and O–H groups in total. The monoisotopic (exact) mass is 555 g/mol. The van der Waals surface area contributed by atoms with Crippen LogP contribution in [0.1, 0.15) is 11.1 Å². The number of hydrogen-bond acceptors (Lipinski definition) is 8. The second kappa shape index (κ2) is 12.6. The van der Waals surface area contributed by atoms with Crippen molar-refractivity contribution in [1.82, 2.24) is 40.0 Å². The summed E-state index contributed by atoms with van der Waals surface area (Å²) in [6.45, 7) is 0.899. The number of benzene rings is 2. The predicted octanol–water partition coefficient (Wildman–Crippen LogP) is 2.41. The van der Waals surface area contributed by atoms with Gasteiger partial charge in [-0.3, -0.25) is 19.1 Å². The molecule has 4 aromatic rings. The first kappa shape index (κ1) is 27.2. The van der Waals surface area contributed by atoms with Gasteiger partial charge in [0.15, 0.2) is 5.82 Å². The second-order valence-electron chi connectivity index (χ2n) is 8.82. The number of nitrogens with one attached hydrogen (secondary N) is 1. The molecule has 0 aliphatic carbocycles. The molecule has 0 aliphatic heterocycles. The van der Waals surface area contributed by atoms with Gasteiger partial charge in [0.05, 0.1) is 18.6 Å². The Morgan fingerprint density at radius 3 is 2.61 bits per heavy atom. The van der Waals surface area contributed by atoms with Crippen LogP contribution in [0.15, 0.2) is 65.8 Å². The van der Waals surface area contributed by atoms with Gasteiger partial charge >= 0.3 is 0 Å². The summed E-state index contributed by atoms with van der Waals surface area (Å²) >= 11 is 12.5. The number of hydrogen-bond donors (Lipinski definition) is 1. The number of rotatable bonds is 11. The highest BCUT2D eigenvalue weighted by Gasteiger charge is 2.19. The van der Waals surface area contributed by atoms with Crippen LogP contribution in [0.25, 0.3) is 5.69 Å². The van der Waals surface area contributed by atoms with Crippen LogP contribution in [-0.2, 0) is 24.3 Å². The number of tetrazole rings is 1. The summed E-state index contributed by atoms with van der Waals surface area (Å²) in [5.41, 5.74) is 2.07. The zero-order chi connectivity index (χ0) is 27.1. The van der Waals surface area contributed by atoms with E-state index in [0.29, 0.717) is 29.5 Å². The van der Waals surface area contributed by atoms with E-state index < -0.39 is 11.5 Å². The first-order valence-electron chi connectivity index (χ1n) is 11.8. The van der Waals surface area contributed by atoms with E-state index >= 15 is 0 Å². The molecule has 0 atom stereocenters. The van der Waals surface area contributed by atoms with Crippen LogP contribution in [0.3, 0.4) is 0 Å². The highest BCUT2D eigenvalue weighted by molar-refractivity contribution is 6.30. The average Bonchev–Trinajstić information content (AvgIpc) is 3.43. The van der Waals surface area contributed by atoms with Crippen LogP contribution >= 0.6 is 23.2 Å². The lowest BCUT2D eigenvalue weighted by molar-refractivity contribution is -0.121. The van der Waals surface area contributed by atoms with Gasteiger partial charge < -0.3 is 10.2 Å². The van der Waals surface area contributed by atoms with Gasteiger partial charge in [-0.25, -0.2) is 9.67 Å². The molecule has 0 unspecified atom stereocenters. The van der Waals surface area contributed by atoms with Gasteiger partial charge in [0.2, 0.25) is 5.91 Å². The molecule has 0 bridgehead atoms. The lowest BCUT2D eigenvalue weighted by atomic mass is 10.1. The maximum absolute atomic E-state index is 13.4. The topological polar surface area (TPSA) is 114 Å². The molecule has 0 radical (unpaired) electrons. The van der Waals surface area contributed by atoms with E-state index in [4.69, 9.17) is 23.2 Å². The molecule has 0 saturated carbocycles. The Morgan fingerprint density at radius 2 is 1.89 bits per heavy atom. The Kier molecular flexibility index (Phi) is 9.06. The molecule has 2 aromatic heterocycles. The predicted molar refractivity (Wildman–Crippen MR) is 146 cm³/mol. The first-order valence-corrected chi connectivity index (χ1v) is 12.5. The van der Waals surface area contributed by atoms with Crippen LogP contribution in [0, 0.1) is 0 Å². The normalized spacial score (nSPS) is 11.1. The van der Waals surface area contributed by atoms with Crippen molar-refractivity contribution in [2.75, 3.05) is 32.2 Å². The fraction of sp³-hybridized carbons (Fsp3) is 0.280. The molecule has 1 amide bonds. The molecule has 2 heterocycles. The standard InChI is InChI=1S/C25H27Cl2N9O2/c1-33(2)17-34(11-10-18-6-4-3-5-7-18)24-25(38)35(22(27)14-29-24)15-23(37)28-13-19-12-20(26)8-9-21(19)36-16-30-31-32-36/h3-9,12,14,16H,10-11,13,15,17H2,1-2H3,(H,28,37). The van der Waals surface area contributed by atoms with Crippen molar-refractivity contribution in [1.29, 1.82) is 0 Å². The molecule has 2 aromatic carbocycles. The van der Waals surface area contributed by atoms with E-state index in [1.165, 1.54) is 21.8 Å². The summed E-state index contributed by atoms with van der Waals surface area (Å²) in [7, 11) is 3.83. The van der Waals surface area contributed by atoms with E-state index in [0.717, 1.165) is 12.0 Å². The van der Waals surface area contributed by atoms with Crippen molar-refractivity contribution >= 4 is 34.9 Å². The van der Waals surface area contributed by atoms with Crippen LogP contribution < -0.4 is 15.8 Å². The fourth-order valence-corrected chi connectivity index (χ4v) is 4.28. The molecule has 0 fully saturated rings. The van der Waals surface area contributed by atoms with Gasteiger partial charge in [0, 0.05) is 18.1 Å². The Bertz CT molecular complexity index is 1430. The summed E-state index contributed by atoms with van der Waals surface area (Å²) in [4.78, 5) is 34.5. The second-order valence-corrected chi connectivity index (χ2v) is 9.64. The molecule has 13 heteroatoms. The summed E-state index contributed by atoms with van der Waals surface area (Å²) in [5.74, 6) is -0.181. The highest BCUT2D eigenvalue weighted by atomic mass is 35.5. The van der Waals surface area contributed by atoms with E-state index in [2.05, 4.69) is 25.8 Å². The summed E-state index contributed by atoms with van der Waals surface area (Å²) in [6, 6.07) is 15.2. The minimum Gasteiger partial charge on any atom is -0.350 e. The number of carbonyl (C=O) groups excluding carboxylic acids is 1. The maximum Gasteiger partial charge on any atom is 0.295 e. The van der Waals surface area contributed by atoms with Crippen molar-refractivity contribution in [3.63, 3.8) is 0 Å². The molecule has 0 aliphatic rings. The Labute approximate surface area is 229 Å². The molecule has 0 spiro atoms. The lowest BCUT2D eigenvalue weighted by Gasteiger charge is -2.27. The number of halogens is 2. The highest BCUT2D eigenvalue weighted by Crippen LogP contribution is 2.19. The van der Waals surface area contributed by atoms with E-state index in [9.17, 15) is 9.59 Å². The average molecular weight is 556 g/mol. The van der Waals surface area contributed by atoms with E-state index in [-0.39, 0.29) is 24.1 Å². The summed E-state index contributed by atoms with van der Waals surface area (Å²) in [6.07, 6.45) is 3.56. The van der Waals surface area contributed by atoms with Crippen LogP contribution in [0.5, 0.6) is 0 Å². The quantitative estimate of drug-likeness (QED) is 0.280. The molecular formula is C25H27Cl2N9O2. The van der Waals surface area contributed by atoms with Crippen LogP contribution in [0.2, 0.25) is 10.2 Å². The SMILES string of the molecule is CN(C)CN(CCc1ccccc1)c1ncc(Cl)n(CC(=O)NCc2cc(Cl)ccc2-n2cnnn2)c1=O. The number of nitrogens with zero attached hydrogens (tertiary/aromatic N) is 8. The van der Waals surface area contributed by atoms with Gasteiger partial charge in [-0.15, -0.1) is 5.10 Å². The minimum atomic E-state index is -0.445. The van der Waals surface area contributed by atoms with Gasteiger partial charge in [0.1, 0.15) is 18.0 Å². The third-order valence-electron chi connectivity index (χ3n) is 5.67. The third-order valence-corrected chi connectivity index (χ3v) is 6.21. The fourth-order valence-electron chi connectivity index (χ4n) is 3.90.